The van der Waals surface area contributed by atoms with Gasteiger partial charge in [-0.05, 0) is 27.2 Å². The van der Waals surface area contributed by atoms with Crippen molar-refractivity contribution in [2.75, 3.05) is 79.1 Å². The molecule has 3 N–H and O–H groups in total. The average Bonchev–Trinajstić information content (AvgIpc) is 2.99. The van der Waals surface area contributed by atoms with Gasteiger partial charge in [-0.2, -0.15) is 0 Å². The van der Waals surface area contributed by atoms with Crippen molar-refractivity contribution in [2.24, 2.45) is 5.41 Å². The molecule has 46 heavy (non-hydrogen) atoms. The molecule has 0 fully saturated rings. The Kier molecular flexibility index (Phi) is 24.1. The van der Waals surface area contributed by atoms with Crippen LogP contribution in [0.3, 0.4) is 0 Å². The fourth-order valence-electron chi connectivity index (χ4n) is 3.00. The van der Waals surface area contributed by atoms with Crippen LogP contribution in [0.1, 0.15) is 41.5 Å². The molecule has 0 bridgehead atoms. The van der Waals surface area contributed by atoms with E-state index >= 15 is 0 Å². The molecule has 0 aromatic heterocycles. The van der Waals surface area contributed by atoms with Gasteiger partial charge in [0.05, 0.1) is 39.6 Å². The van der Waals surface area contributed by atoms with Crippen LogP contribution in [0.15, 0.2) is 36.5 Å². The van der Waals surface area contributed by atoms with E-state index in [9.17, 15) is 28.8 Å². The van der Waals surface area contributed by atoms with Crippen molar-refractivity contribution in [1.29, 1.82) is 0 Å². The Hall–Kier alpha value is -4.08. The van der Waals surface area contributed by atoms with E-state index in [1.165, 1.54) is 20.8 Å². The van der Waals surface area contributed by atoms with Gasteiger partial charge in [-0.1, -0.05) is 34.1 Å². The first-order chi connectivity index (χ1) is 21.2. The second-order valence-electron chi connectivity index (χ2n) is 10.1. The zero-order chi connectivity index (χ0) is 34.3. The largest absolute Gasteiger partial charge is 0.452 e. The van der Waals surface area contributed by atoms with Crippen LogP contribution in [0.5, 0.6) is 0 Å². The summed E-state index contributed by atoms with van der Waals surface area (Å²) in [4.78, 5) is 69.8. The molecule has 15 heteroatoms. The van der Waals surface area contributed by atoms with Crippen LogP contribution in [0, 0.1) is 5.41 Å². The molecule has 15 nitrogen and oxygen atoms in total. The van der Waals surface area contributed by atoms with Gasteiger partial charge in [-0.15, -0.1) is 0 Å². The summed E-state index contributed by atoms with van der Waals surface area (Å²) in [5.74, 6) is -3.46. The second-order valence-corrected chi connectivity index (χ2v) is 10.1. The molecule has 0 aromatic rings. The minimum absolute atomic E-state index is 0. The van der Waals surface area contributed by atoms with Crippen molar-refractivity contribution < 1.29 is 57.2 Å². The highest BCUT2D eigenvalue weighted by Crippen LogP contribution is 2.24. The van der Waals surface area contributed by atoms with Gasteiger partial charge in [0, 0.05) is 41.8 Å². The number of hydrogen-bond acceptors (Lipinski definition) is 12. The first-order valence-corrected chi connectivity index (χ1v) is 14.2. The lowest BCUT2D eigenvalue weighted by atomic mass is 9.88. The van der Waals surface area contributed by atoms with E-state index in [4.69, 9.17) is 28.4 Å². The van der Waals surface area contributed by atoms with Crippen LogP contribution < -0.4 is 16.0 Å². The van der Waals surface area contributed by atoms with Gasteiger partial charge in [-0.3, -0.25) is 14.4 Å². The topological polar surface area (TPSA) is 194 Å². The Bertz CT molecular complexity index is 931. The van der Waals surface area contributed by atoms with Crippen molar-refractivity contribution in [1.82, 2.24) is 16.0 Å². The summed E-state index contributed by atoms with van der Waals surface area (Å²) in [6, 6.07) is 0. The van der Waals surface area contributed by atoms with E-state index in [0.29, 0.717) is 6.42 Å². The molecule has 0 aliphatic rings. The number of carbonyl (C=O) groups is 6. The second kappa shape index (κ2) is 25.2. The lowest BCUT2D eigenvalue weighted by molar-refractivity contribution is -0.144. The molecule has 0 aliphatic carbocycles. The lowest BCUT2D eigenvalue weighted by Gasteiger charge is -2.32. The number of nitrogens with one attached hydrogen (secondary N) is 3. The molecule has 0 unspecified atom stereocenters. The summed E-state index contributed by atoms with van der Waals surface area (Å²) in [6.07, 6.45) is 0.572. The van der Waals surface area contributed by atoms with E-state index in [-0.39, 0.29) is 83.4 Å². The van der Waals surface area contributed by atoms with Gasteiger partial charge < -0.3 is 44.4 Å². The summed E-state index contributed by atoms with van der Waals surface area (Å²) in [7, 11) is 0. The van der Waals surface area contributed by atoms with Crippen LogP contribution >= 0.6 is 0 Å². The van der Waals surface area contributed by atoms with Crippen LogP contribution in [0.25, 0.3) is 0 Å². The van der Waals surface area contributed by atoms with Gasteiger partial charge in [0.2, 0.25) is 0 Å². The van der Waals surface area contributed by atoms with Gasteiger partial charge >= 0.3 is 17.9 Å². The molecular weight excluding hydrogens is 606 g/mol. The standard InChI is InChI=1S/C30H47N3O12.CH4/c1-8-30(18-40-12-9-31-24(34)15-43-27(37)21(2)3,19-41-13-10-32-25(35)16-44-28(38)22(4)5)20-42-14-11-33-26(36)17-45-29(39)23(6)7;/h2,4,6,8-20H2,1,3,5,7H3,(H,31,34)(H,32,35)(H,33,36);1H4. The highest BCUT2D eigenvalue weighted by atomic mass is 16.5. The average molecular weight is 658 g/mol. The third kappa shape index (κ3) is 21.6. The molecular formula is C31H51N3O12. The lowest BCUT2D eigenvalue weighted by Crippen LogP contribution is -2.40. The quantitative estimate of drug-likeness (QED) is 0.0541. The smallest absolute Gasteiger partial charge is 0.333 e. The van der Waals surface area contributed by atoms with Gasteiger partial charge in [-0.25, -0.2) is 14.4 Å². The fraction of sp³-hybridized carbons (Fsp3) is 0.613. The monoisotopic (exact) mass is 657 g/mol. The normalized spacial score (nSPS) is 10.4. The zero-order valence-electron chi connectivity index (χ0n) is 26.7. The van der Waals surface area contributed by atoms with E-state index in [1.54, 1.807) is 0 Å². The number of hydrogen-bond donors (Lipinski definition) is 3. The Balaban J connectivity index is 0. The highest BCUT2D eigenvalue weighted by Gasteiger charge is 2.30. The van der Waals surface area contributed by atoms with Crippen molar-refractivity contribution in [3.05, 3.63) is 36.5 Å². The first kappa shape index (κ1) is 44.0. The van der Waals surface area contributed by atoms with Crippen molar-refractivity contribution in [3.8, 4) is 0 Å². The number of amides is 3. The maximum atomic E-state index is 11.9. The van der Waals surface area contributed by atoms with Crippen LogP contribution in [0.4, 0.5) is 0 Å². The Labute approximate surface area is 271 Å². The fourth-order valence-corrected chi connectivity index (χ4v) is 3.00. The maximum absolute atomic E-state index is 11.9. The molecule has 0 spiro atoms. The third-order valence-electron chi connectivity index (χ3n) is 5.73. The number of esters is 3. The SMILES string of the molecule is C.C=C(C)C(=O)OCC(=O)NCCOCC(CC)(COCCNC(=O)COC(=O)C(=C)C)COCCNC(=O)COC(=O)C(=C)C. The minimum atomic E-state index is -0.661. The van der Waals surface area contributed by atoms with Gasteiger partial charge in [0.25, 0.3) is 17.7 Å². The molecule has 0 radical (unpaired) electrons. The predicted molar refractivity (Wildman–Crippen MR) is 168 cm³/mol. The first-order valence-electron chi connectivity index (χ1n) is 14.2. The van der Waals surface area contributed by atoms with Gasteiger partial charge in [0.15, 0.2) is 19.8 Å². The molecule has 0 rings (SSSR count). The molecule has 0 atom stereocenters. The van der Waals surface area contributed by atoms with Crippen LogP contribution in [-0.2, 0) is 57.2 Å². The van der Waals surface area contributed by atoms with Crippen molar-refractivity contribution in [3.63, 3.8) is 0 Å². The third-order valence-corrected chi connectivity index (χ3v) is 5.73. The summed E-state index contributed by atoms with van der Waals surface area (Å²) in [5.41, 5.74) is -0.0680. The molecule has 0 saturated carbocycles. The van der Waals surface area contributed by atoms with Crippen LogP contribution in [-0.4, -0.2) is 115 Å². The minimum Gasteiger partial charge on any atom is -0.452 e. The summed E-state index contributed by atoms with van der Waals surface area (Å²) in [5, 5.41) is 7.75. The number of carbonyl (C=O) groups excluding carboxylic acids is 6. The van der Waals surface area contributed by atoms with Gasteiger partial charge in [0.1, 0.15) is 0 Å². The number of ether oxygens (including phenoxy) is 6. The van der Waals surface area contributed by atoms with Crippen molar-refractivity contribution in [2.45, 2.75) is 41.5 Å². The summed E-state index contributed by atoms with van der Waals surface area (Å²) >= 11 is 0. The van der Waals surface area contributed by atoms with Crippen molar-refractivity contribution >= 4 is 35.6 Å². The molecule has 0 heterocycles. The molecule has 0 saturated heterocycles. The Morgan fingerprint density at radius 1 is 0.543 bits per heavy atom. The predicted octanol–water partition coefficient (Wildman–Crippen LogP) is 0.775. The Morgan fingerprint density at radius 3 is 1.02 bits per heavy atom. The van der Waals surface area contributed by atoms with Crippen LogP contribution in [0.2, 0.25) is 0 Å². The Morgan fingerprint density at radius 2 is 0.804 bits per heavy atom. The molecule has 0 aliphatic heterocycles. The molecule has 3 amide bonds. The van der Waals surface area contributed by atoms with E-state index in [2.05, 4.69) is 35.7 Å². The summed E-state index contributed by atoms with van der Waals surface area (Å²) in [6.45, 7) is 16.9. The zero-order valence-corrected chi connectivity index (χ0v) is 26.7. The number of rotatable bonds is 25. The summed E-state index contributed by atoms with van der Waals surface area (Å²) < 4.78 is 31.8. The van der Waals surface area contributed by atoms with E-state index in [0.717, 1.165) is 0 Å². The molecule has 262 valence electrons. The van der Waals surface area contributed by atoms with E-state index < -0.39 is 60.9 Å². The highest BCUT2D eigenvalue weighted by molar-refractivity contribution is 5.90. The maximum Gasteiger partial charge on any atom is 0.333 e. The molecule has 0 aromatic carbocycles. The van der Waals surface area contributed by atoms with E-state index in [1.807, 2.05) is 6.92 Å².